The van der Waals surface area contributed by atoms with Gasteiger partial charge in [-0.25, -0.2) is 0 Å². The number of hydrogen-bond donors (Lipinski definition) is 1. The molecule has 0 amide bonds. The molecule has 1 heterocycles. The number of nitrogens with zero attached hydrogens (tertiary/aromatic N) is 1. The van der Waals surface area contributed by atoms with Gasteiger partial charge in [-0.2, -0.15) is 0 Å². The summed E-state index contributed by atoms with van der Waals surface area (Å²) in [6.45, 7) is 1.71. The highest BCUT2D eigenvalue weighted by molar-refractivity contribution is 5.44. The van der Waals surface area contributed by atoms with Crippen molar-refractivity contribution in [1.82, 2.24) is 4.98 Å². The maximum absolute atomic E-state index is 8.90. The molecular formula is C9H11NO. The van der Waals surface area contributed by atoms with Gasteiger partial charge < -0.3 is 5.11 Å². The van der Waals surface area contributed by atoms with Crippen LogP contribution in [0.3, 0.4) is 0 Å². The molecule has 2 nitrogen and oxygen atoms in total. The summed E-state index contributed by atoms with van der Waals surface area (Å²) in [6, 6.07) is 5.66. The molecule has 0 aromatic carbocycles. The monoisotopic (exact) mass is 149 g/mol. The van der Waals surface area contributed by atoms with E-state index in [0.29, 0.717) is 0 Å². The van der Waals surface area contributed by atoms with Crippen molar-refractivity contribution < 1.29 is 5.11 Å². The van der Waals surface area contributed by atoms with Crippen LogP contribution in [-0.4, -0.2) is 16.2 Å². The first-order chi connectivity index (χ1) is 5.29. The summed E-state index contributed by atoms with van der Waals surface area (Å²) in [6.07, 6.45) is 4.81. The normalized spacial score (nSPS) is 13.6. The van der Waals surface area contributed by atoms with Gasteiger partial charge in [0.05, 0.1) is 11.8 Å². The Morgan fingerprint density at radius 1 is 1.55 bits per heavy atom. The summed E-state index contributed by atoms with van der Waals surface area (Å²) in [7, 11) is 0. The zero-order valence-corrected chi connectivity index (χ0v) is 6.44. The molecule has 0 aliphatic carbocycles. The van der Waals surface area contributed by atoms with Crippen molar-refractivity contribution in [3.05, 3.63) is 36.2 Å². The number of aliphatic hydroxyl groups excluding tert-OH is 1. The molecule has 1 aromatic rings. The van der Waals surface area contributed by atoms with E-state index in [4.69, 9.17) is 5.11 Å². The van der Waals surface area contributed by atoms with E-state index >= 15 is 0 Å². The molecule has 0 radical (unpaired) electrons. The largest absolute Gasteiger partial charge is 0.389 e. The third-order valence-electron chi connectivity index (χ3n) is 1.23. The summed E-state index contributed by atoms with van der Waals surface area (Å²) >= 11 is 0. The Kier molecular flexibility index (Phi) is 2.81. The van der Waals surface area contributed by atoms with Gasteiger partial charge in [0.25, 0.3) is 0 Å². The first-order valence-corrected chi connectivity index (χ1v) is 3.56. The number of hydrogen-bond acceptors (Lipinski definition) is 2. The molecule has 0 fully saturated rings. The molecule has 11 heavy (non-hydrogen) atoms. The van der Waals surface area contributed by atoms with E-state index in [9.17, 15) is 0 Å². The molecule has 2 heteroatoms. The highest BCUT2D eigenvalue weighted by Crippen LogP contribution is 1.97. The van der Waals surface area contributed by atoms with Crippen molar-refractivity contribution in [2.24, 2.45) is 0 Å². The smallest absolute Gasteiger partial charge is 0.0696 e. The summed E-state index contributed by atoms with van der Waals surface area (Å²) in [4.78, 5) is 4.05. The Morgan fingerprint density at radius 3 is 2.91 bits per heavy atom. The van der Waals surface area contributed by atoms with E-state index in [2.05, 4.69) is 4.98 Å². The highest BCUT2D eigenvalue weighted by atomic mass is 16.3. The van der Waals surface area contributed by atoms with Gasteiger partial charge in [-0.1, -0.05) is 12.1 Å². The van der Waals surface area contributed by atoms with Gasteiger partial charge in [0.2, 0.25) is 0 Å². The Bertz CT molecular complexity index is 229. The van der Waals surface area contributed by atoms with Gasteiger partial charge in [-0.3, -0.25) is 4.98 Å². The van der Waals surface area contributed by atoms with Crippen LogP contribution < -0.4 is 0 Å². The highest BCUT2D eigenvalue weighted by Gasteiger charge is 1.86. The summed E-state index contributed by atoms with van der Waals surface area (Å²) < 4.78 is 0. The fraction of sp³-hybridized carbons (Fsp3) is 0.222. The second kappa shape index (κ2) is 3.88. The summed E-state index contributed by atoms with van der Waals surface area (Å²) in [5, 5.41) is 8.90. The van der Waals surface area contributed by atoms with Gasteiger partial charge in [-0.15, -0.1) is 0 Å². The van der Waals surface area contributed by atoms with Crippen LogP contribution >= 0.6 is 0 Å². The lowest BCUT2D eigenvalue weighted by atomic mass is 10.3. The first-order valence-electron chi connectivity index (χ1n) is 3.56. The Hall–Kier alpha value is -1.15. The van der Waals surface area contributed by atoms with Gasteiger partial charge in [0.15, 0.2) is 0 Å². The lowest BCUT2D eigenvalue weighted by Crippen LogP contribution is -1.91. The average Bonchev–Trinajstić information content (AvgIpc) is 2.03. The van der Waals surface area contributed by atoms with Crippen LogP contribution in [0.1, 0.15) is 12.6 Å². The minimum atomic E-state index is -0.406. The van der Waals surface area contributed by atoms with Crippen molar-refractivity contribution in [1.29, 1.82) is 0 Å². The topological polar surface area (TPSA) is 33.1 Å². The molecular weight excluding hydrogens is 138 g/mol. The van der Waals surface area contributed by atoms with Crippen molar-refractivity contribution >= 4 is 6.08 Å². The van der Waals surface area contributed by atoms with Gasteiger partial charge in [-0.05, 0) is 25.1 Å². The van der Waals surface area contributed by atoms with E-state index in [1.165, 1.54) is 0 Å². The van der Waals surface area contributed by atoms with Gasteiger partial charge in [0.1, 0.15) is 0 Å². The van der Waals surface area contributed by atoms with E-state index in [1.807, 2.05) is 18.2 Å². The fourth-order valence-electron chi connectivity index (χ4n) is 0.712. The molecule has 0 saturated carbocycles. The SMILES string of the molecule is CC(O)/C=C/c1ccccn1. The zero-order chi connectivity index (χ0) is 8.10. The lowest BCUT2D eigenvalue weighted by Gasteiger charge is -1.93. The minimum absolute atomic E-state index is 0.406. The standard InChI is InChI=1S/C9H11NO/c1-8(11)5-6-9-4-2-3-7-10-9/h2-8,11H,1H3/b6-5+. The maximum atomic E-state index is 8.90. The van der Waals surface area contributed by atoms with Gasteiger partial charge >= 0.3 is 0 Å². The molecule has 0 aliphatic heterocycles. The van der Waals surface area contributed by atoms with Crippen LogP contribution in [0.2, 0.25) is 0 Å². The average molecular weight is 149 g/mol. The number of aliphatic hydroxyl groups is 1. The molecule has 58 valence electrons. The summed E-state index contributed by atoms with van der Waals surface area (Å²) in [5.74, 6) is 0. The number of aromatic nitrogens is 1. The van der Waals surface area contributed by atoms with Crippen LogP contribution in [0.15, 0.2) is 30.5 Å². The predicted molar refractivity (Wildman–Crippen MR) is 45.0 cm³/mol. The second-order valence-electron chi connectivity index (χ2n) is 2.35. The van der Waals surface area contributed by atoms with E-state index in [0.717, 1.165) is 5.69 Å². The fourth-order valence-corrected chi connectivity index (χ4v) is 0.712. The summed E-state index contributed by atoms with van der Waals surface area (Å²) in [5.41, 5.74) is 0.869. The molecule has 1 rings (SSSR count). The Morgan fingerprint density at radius 2 is 2.36 bits per heavy atom. The molecule has 1 atom stereocenters. The molecule has 0 aliphatic rings. The quantitative estimate of drug-likeness (QED) is 0.690. The van der Waals surface area contributed by atoms with Crippen LogP contribution in [0.5, 0.6) is 0 Å². The second-order valence-corrected chi connectivity index (χ2v) is 2.35. The molecule has 0 bridgehead atoms. The van der Waals surface area contributed by atoms with Gasteiger partial charge in [0, 0.05) is 6.20 Å². The number of rotatable bonds is 2. The van der Waals surface area contributed by atoms with Crippen molar-refractivity contribution in [2.45, 2.75) is 13.0 Å². The molecule has 1 unspecified atom stereocenters. The first kappa shape index (κ1) is 7.95. The van der Waals surface area contributed by atoms with E-state index < -0.39 is 6.10 Å². The predicted octanol–water partition coefficient (Wildman–Crippen LogP) is 1.48. The third-order valence-corrected chi connectivity index (χ3v) is 1.23. The van der Waals surface area contributed by atoms with E-state index in [-0.39, 0.29) is 0 Å². The third kappa shape index (κ3) is 2.96. The molecule has 1 aromatic heterocycles. The molecule has 0 spiro atoms. The molecule has 1 N–H and O–H groups in total. The minimum Gasteiger partial charge on any atom is -0.389 e. The maximum Gasteiger partial charge on any atom is 0.0696 e. The van der Waals surface area contributed by atoms with Crippen LogP contribution in [0.4, 0.5) is 0 Å². The zero-order valence-electron chi connectivity index (χ0n) is 6.44. The van der Waals surface area contributed by atoms with Crippen molar-refractivity contribution in [3.63, 3.8) is 0 Å². The van der Waals surface area contributed by atoms with Crippen LogP contribution in [-0.2, 0) is 0 Å². The lowest BCUT2D eigenvalue weighted by molar-refractivity contribution is 0.245. The van der Waals surface area contributed by atoms with Crippen molar-refractivity contribution in [2.75, 3.05) is 0 Å². The van der Waals surface area contributed by atoms with Crippen LogP contribution in [0, 0.1) is 0 Å². The van der Waals surface area contributed by atoms with Crippen LogP contribution in [0.25, 0.3) is 6.08 Å². The number of pyridine rings is 1. The van der Waals surface area contributed by atoms with Crippen molar-refractivity contribution in [3.8, 4) is 0 Å². The Balaban J connectivity index is 2.65. The van der Waals surface area contributed by atoms with E-state index in [1.54, 1.807) is 25.3 Å². The molecule has 0 saturated heterocycles. The Labute approximate surface area is 66.2 Å².